The predicted molar refractivity (Wildman–Crippen MR) is 32.8 cm³/mol. The zero-order valence-electron chi connectivity index (χ0n) is 5.46. The first kappa shape index (κ1) is 8.64. The van der Waals surface area contributed by atoms with Crippen LogP contribution < -0.4 is 0 Å². The average Bonchev–Trinajstić information content (AvgIpc) is 1.77. The molecule has 0 bridgehead atoms. The Morgan fingerprint density at radius 2 is 1.56 bits per heavy atom. The van der Waals surface area contributed by atoms with Crippen LogP contribution in [0.4, 0.5) is 0 Å². The van der Waals surface area contributed by atoms with Crippen LogP contribution in [0.15, 0.2) is 24.3 Å². The van der Waals surface area contributed by atoms with Gasteiger partial charge in [0.25, 0.3) is 0 Å². The van der Waals surface area contributed by atoms with Crippen molar-refractivity contribution in [3.05, 3.63) is 29.8 Å². The summed E-state index contributed by atoms with van der Waals surface area (Å²) in [6.45, 7) is 1.99. The Balaban J connectivity index is 0.000000640. The van der Waals surface area contributed by atoms with Crippen molar-refractivity contribution in [3.8, 4) is 5.75 Å². The van der Waals surface area contributed by atoms with Crippen LogP contribution in [0.3, 0.4) is 0 Å². The third-order valence-electron chi connectivity index (χ3n) is 1.03. The molecule has 44 valence electrons. The predicted octanol–water partition coefficient (Wildman–Crippen LogP) is 1.70. The van der Waals surface area contributed by atoms with Crippen molar-refractivity contribution in [1.29, 1.82) is 0 Å². The Kier molecular flexibility index (Phi) is 3.48. The first-order valence-electron chi connectivity index (χ1n) is 2.54. The summed E-state index contributed by atoms with van der Waals surface area (Å²) in [5, 5.41) is 8.76. The summed E-state index contributed by atoms with van der Waals surface area (Å²) < 4.78 is 0. The topological polar surface area (TPSA) is 20.2 Å². The number of hydrogen-bond donors (Lipinski definition) is 1. The molecule has 0 aliphatic rings. The van der Waals surface area contributed by atoms with Gasteiger partial charge >= 0.3 is 0 Å². The van der Waals surface area contributed by atoms with Gasteiger partial charge in [0.2, 0.25) is 0 Å². The van der Waals surface area contributed by atoms with Crippen LogP contribution in [-0.2, 0) is 19.5 Å². The number of benzene rings is 1. The van der Waals surface area contributed by atoms with Gasteiger partial charge in [0.1, 0.15) is 5.75 Å². The molecule has 9 heavy (non-hydrogen) atoms. The van der Waals surface area contributed by atoms with Crippen molar-refractivity contribution in [1.82, 2.24) is 0 Å². The average molecular weight is 174 g/mol. The molecule has 1 nitrogen and oxygen atoms in total. The summed E-state index contributed by atoms with van der Waals surface area (Å²) in [6, 6.07) is 7.09. The van der Waals surface area contributed by atoms with Crippen LogP contribution in [0.2, 0.25) is 0 Å². The van der Waals surface area contributed by atoms with Crippen molar-refractivity contribution < 1.29 is 24.6 Å². The van der Waals surface area contributed by atoms with Crippen molar-refractivity contribution in [3.63, 3.8) is 0 Å². The molecule has 1 aromatic carbocycles. The zero-order valence-corrected chi connectivity index (χ0v) is 8.43. The SMILES string of the molecule is Cc1ccc(O)cc1.[Zn]. The van der Waals surface area contributed by atoms with E-state index in [1.807, 2.05) is 19.1 Å². The molecule has 0 saturated heterocycles. The molecular formula is C7H8OZn. The second-order valence-corrected chi connectivity index (χ2v) is 1.84. The van der Waals surface area contributed by atoms with Crippen LogP contribution in [0.1, 0.15) is 5.56 Å². The van der Waals surface area contributed by atoms with Gasteiger partial charge in [-0.15, -0.1) is 0 Å². The van der Waals surface area contributed by atoms with Crippen LogP contribution in [0.25, 0.3) is 0 Å². The second kappa shape index (κ2) is 3.63. The number of aromatic hydroxyl groups is 1. The Labute approximate surface area is 67.5 Å². The molecule has 0 saturated carbocycles. The summed E-state index contributed by atoms with van der Waals surface area (Å²) in [5.41, 5.74) is 1.17. The third kappa shape index (κ3) is 2.62. The fraction of sp³-hybridized carbons (Fsp3) is 0.143. The molecule has 0 spiro atoms. The molecule has 0 aromatic heterocycles. The van der Waals surface area contributed by atoms with Gasteiger partial charge in [0.05, 0.1) is 0 Å². The number of rotatable bonds is 0. The minimum atomic E-state index is 0. The monoisotopic (exact) mass is 172 g/mol. The zero-order chi connectivity index (χ0) is 5.98. The number of phenolic OH excluding ortho intramolecular Hbond substituents is 1. The van der Waals surface area contributed by atoms with E-state index in [4.69, 9.17) is 5.11 Å². The summed E-state index contributed by atoms with van der Waals surface area (Å²) >= 11 is 0. The van der Waals surface area contributed by atoms with E-state index >= 15 is 0 Å². The van der Waals surface area contributed by atoms with Crippen LogP contribution in [-0.4, -0.2) is 5.11 Å². The van der Waals surface area contributed by atoms with Gasteiger partial charge in [-0.2, -0.15) is 0 Å². The molecule has 0 atom stereocenters. The van der Waals surface area contributed by atoms with Crippen molar-refractivity contribution in [2.75, 3.05) is 0 Å². The molecule has 0 amide bonds. The van der Waals surface area contributed by atoms with Crippen molar-refractivity contribution in [2.45, 2.75) is 6.92 Å². The van der Waals surface area contributed by atoms with Gasteiger partial charge in [-0.25, -0.2) is 0 Å². The second-order valence-electron chi connectivity index (χ2n) is 1.84. The molecule has 0 radical (unpaired) electrons. The van der Waals surface area contributed by atoms with Gasteiger partial charge < -0.3 is 5.11 Å². The fourth-order valence-corrected chi connectivity index (χ4v) is 0.545. The first-order chi connectivity index (χ1) is 3.79. The molecule has 0 unspecified atom stereocenters. The van der Waals surface area contributed by atoms with Crippen LogP contribution in [0, 0.1) is 6.92 Å². The Morgan fingerprint density at radius 1 is 1.11 bits per heavy atom. The minimum Gasteiger partial charge on any atom is -0.508 e. The van der Waals surface area contributed by atoms with Gasteiger partial charge in [0, 0.05) is 19.5 Å². The maximum absolute atomic E-state index is 8.76. The summed E-state index contributed by atoms with van der Waals surface area (Å²) in [6.07, 6.45) is 0. The van der Waals surface area contributed by atoms with E-state index in [0.717, 1.165) is 0 Å². The molecule has 1 N–H and O–H groups in total. The molecule has 1 rings (SSSR count). The molecule has 0 fully saturated rings. The number of phenols is 1. The standard InChI is InChI=1S/C7H8O.Zn/c1-6-2-4-7(8)5-3-6;/h2-5,8H,1H3;. The molecule has 0 aliphatic heterocycles. The summed E-state index contributed by atoms with van der Waals surface area (Å²) in [5.74, 6) is 0.329. The quantitative estimate of drug-likeness (QED) is 0.592. The van der Waals surface area contributed by atoms with Crippen LogP contribution >= 0.6 is 0 Å². The largest absolute Gasteiger partial charge is 0.508 e. The van der Waals surface area contributed by atoms with Gasteiger partial charge in [-0.3, -0.25) is 0 Å². The molecule has 0 aliphatic carbocycles. The Bertz CT molecular complexity index is 148. The van der Waals surface area contributed by atoms with E-state index in [-0.39, 0.29) is 19.5 Å². The Morgan fingerprint density at radius 3 is 1.89 bits per heavy atom. The van der Waals surface area contributed by atoms with Crippen molar-refractivity contribution >= 4 is 0 Å². The van der Waals surface area contributed by atoms with Gasteiger partial charge in [-0.1, -0.05) is 17.7 Å². The van der Waals surface area contributed by atoms with E-state index < -0.39 is 0 Å². The maximum atomic E-state index is 8.76. The third-order valence-corrected chi connectivity index (χ3v) is 1.03. The smallest absolute Gasteiger partial charge is 0.115 e. The normalized spacial score (nSPS) is 8.11. The van der Waals surface area contributed by atoms with E-state index in [0.29, 0.717) is 5.75 Å². The fourth-order valence-electron chi connectivity index (χ4n) is 0.545. The van der Waals surface area contributed by atoms with Crippen LogP contribution in [0.5, 0.6) is 5.75 Å². The van der Waals surface area contributed by atoms with E-state index in [1.54, 1.807) is 12.1 Å². The van der Waals surface area contributed by atoms with Gasteiger partial charge in [0.15, 0.2) is 0 Å². The molecule has 0 heterocycles. The Hall–Kier alpha value is -0.357. The molecule has 1 aromatic rings. The number of hydrogen-bond acceptors (Lipinski definition) is 1. The van der Waals surface area contributed by atoms with Crippen molar-refractivity contribution in [2.24, 2.45) is 0 Å². The summed E-state index contributed by atoms with van der Waals surface area (Å²) in [4.78, 5) is 0. The minimum absolute atomic E-state index is 0. The first-order valence-corrected chi connectivity index (χ1v) is 2.54. The van der Waals surface area contributed by atoms with Gasteiger partial charge in [-0.05, 0) is 19.1 Å². The van der Waals surface area contributed by atoms with E-state index in [1.165, 1.54) is 5.56 Å². The van der Waals surface area contributed by atoms with E-state index in [9.17, 15) is 0 Å². The molecule has 2 heteroatoms. The van der Waals surface area contributed by atoms with E-state index in [2.05, 4.69) is 0 Å². The summed E-state index contributed by atoms with van der Waals surface area (Å²) in [7, 11) is 0. The maximum Gasteiger partial charge on any atom is 0.115 e. The number of aryl methyl sites for hydroxylation is 1. The molecular weight excluding hydrogens is 165 g/mol.